The van der Waals surface area contributed by atoms with Crippen LogP contribution in [-0.4, -0.2) is 0 Å². The number of hydrogen-bond acceptors (Lipinski definition) is 2. The van der Waals surface area contributed by atoms with Crippen LogP contribution < -0.4 is 5.32 Å². The van der Waals surface area contributed by atoms with Gasteiger partial charge in [-0.25, -0.2) is 4.39 Å². The Bertz CT molecular complexity index is 552. The van der Waals surface area contributed by atoms with E-state index in [1.54, 1.807) is 17.0 Å². The molecule has 1 aliphatic carbocycles. The first-order chi connectivity index (χ1) is 9.22. The van der Waals surface area contributed by atoms with Crippen molar-refractivity contribution in [2.75, 3.05) is 5.32 Å². The van der Waals surface area contributed by atoms with Crippen LogP contribution in [0, 0.1) is 5.82 Å². The average Bonchev–Trinajstić information content (AvgIpc) is 2.82. The van der Waals surface area contributed by atoms with Gasteiger partial charge in [0.05, 0.1) is 6.04 Å². The van der Waals surface area contributed by atoms with Crippen LogP contribution in [0.1, 0.15) is 41.1 Å². The number of nitrogens with one attached hydrogen (secondary N) is 1. The molecule has 0 saturated heterocycles. The molecule has 0 radical (unpaired) electrons. The van der Waals surface area contributed by atoms with Crippen molar-refractivity contribution in [2.45, 2.75) is 38.6 Å². The van der Waals surface area contributed by atoms with Gasteiger partial charge in [0.25, 0.3) is 0 Å². The van der Waals surface area contributed by atoms with E-state index in [9.17, 15) is 4.39 Å². The Morgan fingerprint density at radius 2 is 2.05 bits per heavy atom. The van der Waals surface area contributed by atoms with Crippen LogP contribution in [-0.2, 0) is 12.8 Å². The van der Waals surface area contributed by atoms with Crippen LogP contribution in [0.25, 0.3) is 0 Å². The largest absolute Gasteiger partial charge is 0.378 e. The molecule has 1 aromatic carbocycles. The highest BCUT2D eigenvalue weighted by atomic mass is 32.1. The van der Waals surface area contributed by atoms with Crippen LogP contribution in [0.3, 0.4) is 0 Å². The fraction of sp³-hybridized carbons (Fsp3) is 0.375. The number of aryl methyl sites for hydroxylation is 2. The van der Waals surface area contributed by atoms with E-state index in [4.69, 9.17) is 0 Å². The third kappa shape index (κ3) is 2.81. The maximum absolute atomic E-state index is 13.2. The minimum Gasteiger partial charge on any atom is -0.378 e. The Labute approximate surface area is 117 Å². The molecule has 1 nitrogen and oxygen atoms in total. The quantitative estimate of drug-likeness (QED) is 0.836. The van der Waals surface area contributed by atoms with E-state index in [-0.39, 0.29) is 11.9 Å². The number of anilines is 1. The second-order valence-corrected chi connectivity index (χ2v) is 6.35. The normalized spacial score (nSPS) is 15.9. The van der Waals surface area contributed by atoms with E-state index < -0.39 is 0 Å². The first-order valence-corrected chi connectivity index (χ1v) is 7.67. The van der Waals surface area contributed by atoms with Gasteiger partial charge < -0.3 is 5.32 Å². The molecule has 100 valence electrons. The lowest BCUT2D eigenvalue weighted by Crippen LogP contribution is -2.04. The molecule has 0 bridgehead atoms. The number of fused-ring (bicyclic) bond motifs is 1. The lowest BCUT2D eigenvalue weighted by molar-refractivity contribution is 0.628. The Morgan fingerprint density at radius 3 is 2.84 bits per heavy atom. The summed E-state index contributed by atoms with van der Waals surface area (Å²) in [6.07, 6.45) is 5.08. The predicted octanol–water partition coefficient (Wildman–Crippen LogP) is 4.94. The van der Waals surface area contributed by atoms with Crippen molar-refractivity contribution in [1.82, 2.24) is 0 Å². The molecule has 3 heteroatoms. The Morgan fingerprint density at radius 1 is 1.21 bits per heavy atom. The fourth-order valence-corrected chi connectivity index (χ4v) is 3.89. The second kappa shape index (κ2) is 5.33. The van der Waals surface area contributed by atoms with Crippen molar-refractivity contribution in [2.24, 2.45) is 0 Å². The zero-order valence-corrected chi connectivity index (χ0v) is 11.9. The van der Waals surface area contributed by atoms with Crippen molar-refractivity contribution in [3.8, 4) is 0 Å². The van der Waals surface area contributed by atoms with Crippen molar-refractivity contribution in [1.29, 1.82) is 0 Å². The van der Waals surface area contributed by atoms with Crippen LogP contribution in [0.4, 0.5) is 10.1 Å². The van der Waals surface area contributed by atoms with Gasteiger partial charge in [-0.2, -0.15) is 0 Å². The van der Waals surface area contributed by atoms with Crippen LogP contribution >= 0.6 is 11.3 Å². The zero-order valence-electron chi connectivity index (χ0n) is 11.1. The van der Waals surface area contributed by atoms with Gasteiger partial charge in [0.15, 0.2) is 0 Å². The summed E-state index contributed by atoms with van der Waals surface area (Å²) in [6.45, 7) is 2.14. The Kier molecular flexibility index (Phi) is 3.56. The Hall–Kier alpha value is -1.35. The summed E-state index contributed by atoms with van der Waals surface area (Å²) in [7, 11) is 0. The minimum atomic E-state index is -0.192. The smallest absolute Gasteiger partial charge is 0.125 e. The van der Waals surface area contributed by atoms with E-state index in [1.807, 2.05) is 17.4 Å². The molecule has 1 heterocycles. The van der Waals surface area contributed by atoms with E-state index in [1.165, 1.54) is 42.2 Å². The standard InChI is InChI=1S/C16H18FNS/c1-11(18-14-7-4-6-13(17)10-14)16-9-12-5-2-3-8-15(12)19-16/h4,6-7,9-11,18H,2-3,5,8H2,1H3. The second-order valence-electron chi connectivity index (χ2n) is 5.18. The highest BCUT2D eigenvalue weighted by Crippen LogP contribution is 2.34. The summed E-state index contributed by atoms with van der Waals surface area (Å²) in [6, 6.07) is 9.23. The van der Waals surface area contributed by atoms with Crippen molar-refractivity contribution in [3.05, 3.63) is 51.5 Å². The van der Waals surface area contributed by atoms with Crippen LogP contribution in [0.2, 0.25) is 0 Å². The number of hydrogen-bond donors (Lipinski definition) is 1. The number of thiophene rings is 1. The molecule has 0 saturated carbocycles. The average molecular weight is 275 g/mol. The maximum atomic E-state index is 13.2. The molecule has 1 N–H and O–H groups in total. The molecule has 1 atom stereocenters. The number of halogens is 1. The molecule has 2 aromatic rings. The lowest BCUT2D eigenvalue weighted by atomic mass is 9.99. The summed E-state index contributed by atoms with van der Waals surface area (Å²) in [4.78, 5) is 2.91. The summed E-state index contributed by atoms with van der Waals surface area (Å²) < 4.78 is 13.2. The summed E-state index contributed by atoms with van der Waals surface area (Å²) >= 11 is 1.91. The van der Waals surface area contributed by atoms with Gasteiger partial charge in [-0.05, 0) is 62.4 Å². The molecular weight excluding hydrogens is 257 g/mol. The highest BCUT2D eigenvalue weighted by Gasteiger charge is 2.16. The van der Waals surface area contributed by atoms with Gasteiger partial charge in [-0.15, -0.1) is 11.3 Å². The predicted molar refractivity (Wildman–Crippen MR) is 79.4 cm³/mol. The van der Waals surface area contributed by atoms with Crippen LogP contribution in [0.15, 0.2) is 30.3 Å². The summed E-state index contributed by atoms with van der Waals surface area (Å²) in [5.41, 5.74) is 2.37. The first-order valence-electron chi connectivity index (χ1n) is 6.86. The Balaban J connectivity index is 1.76. The minimum absolute atomic E-state index is 0.192. The third-order valence-corrected chi connectivity index (χ3v) is 5.07. The van der Waals surface area contributed by atoms with Crippen molar-refractivity contribution < 1.29 is 4.39 Å². The molecule has 1 aromatic heterocycles. The monoisotopic (exact) mass is 275 g/mol. The maximum Gasteiger partial charge on any atom is 0.125 e. The number of benzene rings is 1. The van der Waals surface area contributed by atoms with E-state index >= 15 is 0 Å². The molecule has 19 heavy (non-hydrogen) atoms. The van der Waals surface area contributed by atoms with Crippen molar-refractivity contribution >= 4 is 17.0 Å². The van der Waals surface area contributed by atoms with Gasteiger partial charge in [-0.3, -0.25) is 0 Å². The first kappa shape index (κ1) is 12.7. The van der Waals surface area contributed by atoms with Crippen molar-refractivity contribution in [3.63, 3.8) is 0 Å². The van der Waals surface area contributed by atoms with E-state index in [2.05, 4.69) is 18.3 Å². The topological polar surface area (TPSA) is 12.0 Å². The molecule has 1 unspecified atom stereocenters. The van der Waals surface area contributed by atoms with Gasteiger partial charge in [0, 0.05) is 15.4 Å². The zero-order chi connectivity index (χ0) is 13.2. The molecule has 0 spiro atoms. The molecule has 1 aliphatic rings. The van der Waals surface area contributed by atoms with Gasteiger partial charge in [0.2, 0.25) is 0 Å². The highest BCUT2D eigenvalue weighted by molar-refractivity contribution is 7.12. The molecule has 3 rings (SSSR count). The summed E-state index contributed by atoms with van der Waals surface area (Å²) in [5, 5.41) is 3.38. The SMILES string of the molecule is CC(Nc1cccc(F)c1)c1cc2c(s1)CCCC2. The van der Waals surface area contributed by atoms with Gasteiger partial charge in [0.1, 0.15) is 5.82 Å². The van der Waals surface area contributed by atoms with Gasteiger partial charge >= 0.3 is 0 Å². The summed E-state index contributed by atoms with van der Waals surface area (Å²) in [5.74, 6) is -0.192. The number of rotatable bonds is 3. The van der Waals surface area contributed by atoms with E-state index in [0.29, 0.717) is 0 Å². The van der Waals surface area contributed by atoms with E-state index in [0.717, 1.165) is 5.69 Å². The molecule has 0 aliphatic heterocycles. The third-order valence-electron chi connectivity index (χ3n) is 3.65. The lowest BCUT2D eigenvalue weighted by Gasteiger charge is -2.13. The van der Waals surface area contributed by atoms with Crippen LogP contribution in [0.5, 0.6) is 0 Å². The molecule has 0 fully saturated rings. The molecule has 0 amide bonds. The van der Waals surface area contributed by atoms with Gasteiger partial charge in [-0.1, -0.05) is 6.07 Å². The molecular formula is C16H18FNS. The fourth-order valence-electron chi connectivity index (χ4n) is 2.63.